The van der Waals surface area contributed by atoms with Crippen LogP contribution in [0.4, 0.5) is 19.1 Å². The molecule has 0 bridgehead atoms. The lowest BCUT2D eigenvalue weighted by atomic mass is 10.4. The first kappa shape index (κ1) is 12.3. The summed E-state index contributed by atoms with van der Waals surface area (Å²) in [4.78, 5) is 3.77. The molecule has 2 rings (SSSR count). The Morgan fingerprint density at radius 3 is 2.78 bits per heavy atom. The second kappa shape index (κ2) is 4.24. The lowest BCUT2D eigenvalue weighted by Crippen LogP contribution is -2.19. The third-order valence-corrected chi connectivity index (χ3v) is 2.06. The molecular formula is C9H9F3N4O2. The molecule has 2 aromatic rings. The zero-order valence-electron chi connectivity index (χ0n) is 9.23. The summed E-state index contributed by atoms with van der Waals surface area (Å²) in [6, 6.07) is 1.32. The highest BCUT2D eigenvalue weighted by molar-refractivity contribution is 5.55. The second-order valence-corrected chi connectivity index (χ2v) is 3.37. The van der Waals surface area contributed by atoms with Crippen LogP contribution >= 0.6 is 0 Å². The number of methoxy groups -OCH3 is 1. The first-order chi connectivity index (χ1) is 8.40. The maximum absolute atomic E-state index is 12.1. The van der Waals surface area contributed by atoms with E-state index >= 15 is 0 Å². The summed E-state index contributed by atoms with van der Waals surface area (Å²) >= 11 is 0. The summed E-state index contributed by atoms with van der Waals surface area (Å²) in [6.45, 7) is -1.43. The number of nitrogens with zero attached hydrogens (tertiary/aromatic N) is 3. The number of imidazole rings is 1. The Labute approximate surface area is 99.1 Å². The van der Waals surface area contributed by atoms with Gasteiger partial charge in [0.25, 0.3) is 5.88 Å². The monoisotopic (exact) mass is 262 g/mol. The molecule has 0 radical (unpaired) electrons. The highest BCUT2D eigenvalue weighted by Gasteiger charge is 2.29. The third-order valence-electron chi connectivity index (χ3n) is 2.06. The quantitative estimate of drug-likeness (QED) is 0.901. The molecule has 0 unspecified atom stereocenters. The minimum atomic E-state index is -4.43. The zero-order chi connectivity index (χ0) is 13.3. The van der Waals surface area contributed by atoms with Crippen LogP contribution in [0.15, 0.2) is 12.3 Å². The number of ether oxygens (including phenoxy) is 2. The fraction of sp³-hybridized carbons (Fsp3) is 0.333. The van der Waals surface area contributed by atoms with Gasteiger partial charge in [0.15, 0.2) is 12.4 Å². The predicted octanol–water partition coefficient (Wildman–Crippen LogP) is 1.26. The molecule has 0 fully saturated rings. The Hall–Kier alpha value is -2.19. The molecule has 18 heavy (non-hydrogen) atoms. The zero-order valence-corrected chi connectivity index (χ0v) is 9.23. The molecule has 0 saturated carbocycles. The van der Waals surface area contributed by atoms with E-state index in [0.717, 1.165) is 0 Å². The smallest absolute Gasteiger partial charge is 0.422 e. The van der Waals surface area contributed by atoms with Crippen molar-refractivity contribution < 1.29 is 22.6 Å². The lowest BCUT2D eigenvalue weighted by Gasteiger charge is -2.11. The minimum Gasteiger partial charge on any atom is -0.478 e. The molecule has 2 aromatic heterocycles. The number of alkyl halides is 3. The van der Waals surface area contributed by atoms with Gasteiger partial charge >= 0.3 is 6.18 Å². The summed E-state index contributed by atoms with van der Waals surface area (Å²) in [5.41, 5.74) is 5.91. The van der Waals surface area contributed by atoms with E-state index in [0.29, 0.717) is 5.52 Å². The Balaban J connectivity index is 2.36. The molecule has 6 nitrogen and oxygen atoms in total. The van der Waals surface area contributed by atoms with Crippen LogP contribution in [0.5, 0.6) is 11.6 Å². The molecule has 0 saturated heterocycles. The number of hydrogen-bond donors (Lipinski definition) is 1. The average Bonchev–Trinajstić information content (AvgIpc) is 2.66. The molecule has 2 heterocycles. The summed E-state index contributed by atoms with van der Waals surface area (Å²) in [7, 11) is 1.27. The van der Waals surface area contributed by atoms with Crippen molar-refractivity contribution in [1.82, 2.24) is 14.6 Å². The first-order valence-electron chi connectivity index (χ1n) is 4.78. The minimum absolute atomic E-state index is 0.101. The van der Waals surface area contributed by atoms with Gasteiger partial charge in [0, 0.05) is 6.07 Å². The molecule has 0 aliphatic heterocycles. The highest BCUT2D eigenvalue weighted by Crippen LogP contribution is 2.28. The summed E-state index contributed by atoms with van der Waals surface area (Å²) in [6.07, 6.45) is -3.07. The van der Waals surface area contributed by atoms with Crippen LogP contribution in [0, 0.1) is 0 Å². The SMILES string of the molecule is COc1nn2c(N)ncc2cc1OCC(F)(F)F. The van der Waals surface area contributed by atoms with Crippen molar-refractivity contribution in [1.29, 1.82) is 0 Å². The fourth-order valence-corrected chi connectivity index (χ4v) is 1.32. The predicted molar refractivity (Wildman–Crippen MR) is 55.5 cm³/mol. The van der Waals surface area contributed by atoms with E-state index in [1.807, 2.05) is 0 Å². The number of rotatable bonds is 3. The Morgan fingerprint density at radius 2 is 2.17 bits per heavy atom. The van der Waals surface area contributed by atoms with Gasteiger partial charge in [0.05, 0.1) is 18.8 Å². The van der Waals surface area contributed by atoms with E-state index in [1.54, 1.807) is 0 Å². The number of hydrogen-bond acceptors (Lipinski definition) is 5. The number of fused-ring (bicyclic) bond motifs is 1. The molecule has 0 aliphatic carbocycles. The van der Waals surface area contributed by atoms with Crippen LogP contribution in [0.25, 0.3) is 5.52 Å². The maximum atomic E-state index is 12.1. The van der Waals surface area contributed by atoms with Crippen molar-refractivity contribution in [3.8, 4) is 11.6 Å². The third kappa shape index (κ3) is 2.39. The van der Waals surface area contributed by atoms with Crippen LogP contribution in [-0.4, -0.2) is 34.5 Å². The van der Waals surface area contributed by atoms with Crippen LogP contribution in [0.1, 0.15) is 0 Å². The van der Waals surface area contributed by atoms with Gasteiger partial charge in [-0.25, -0.2) is 4.98 Å². The van der Waals surface area contributed by atoms with Crippen molar-refractivity contribution in [2.24, 2.45) is 0 Å². The fourth-order valence-electron chi connectivity index (χ4n) is 1.32. The van der Waals surface area contributed by atoms with Gasteiger partial charge < -0.3 is 15.2 Å². The second-order valence-electron chi connectivity index (χ2n) is 3.37. The summed E-state index contributed by atoms with van der Waals surface area (Å²) in [5.74, 6) is -0.121. The molecule has 9 heteroatoms. The van der Waals surface area contributed by atoms with Crippen molar-refractivity contribution in [2.45, 2.75) is 6.18 Å². The Morgan fingerprint density at radius 1 is 1.44 bits per heavy atom. The first-order valence-corrected chi connectivity index (χ1v) is 4.78. The number of nitrogens with two attached hydrogens (primary N) is 1. The van der Waals surface area contributed by atoms with Gasteiger partial charge in [-0.15, -0.1) is 5.10 Å². The van der Waals surface area contributed by atoms with E-state index in [9.17, 15) is 13.2 Å². The van der Waals surface area contributed by atoms with E-state index in [2.05, 4.69) is 14.8 Å². The maximum Gasteiger partial charge on any atom is 0.422 e. The number of aromatic nitrogens is 3. The van der Waals surface area contributed by atoms with E-state index < -0.39 is 12.8 Å². The van der Waals surface area contributed by atoms with E-state index in [1.165, 1.54) is 23.9 Å². The number of anilines is 1. The van der Waals surface area contributed by atoms with Crippen LogP contribution in [0.2, 0.25) is 0 Å². The van der Waals surface area contributed by atoms with Crippen LogP contribution < -0.4 is 15.2 Å². The molecule has 98 valence electrons. The van der Waals surface area contributed by atoms with Gasteiger partial charge in [-0.1, -0.05) is 0 Å². The van der Waals surface area contributed by atoms with Gasteiger partial charge in [-0.05, 0) is 0 Å². The molecule has 0 amide bonds. The molecular weight excluding hydrogens is 253 g/mol. The Kier molecular flexibility index (Phi) is 2.89. The lowest BCUT2D eigenvalue weighted by molar-refractivity contribution is -0.153. The normalized spacial score (nSPS) is 11.8. The van der Waals surface area contributed by atoms with Crippen molar-refractivity contribution in [2.75, 3.05) is 19.5 Å². The van der Waals surface area contributed by atoms with Gasteiger partial charge in [0.2, 0.25) is 5.95 Å². The van der Waals surface area contributed by atoms with Gasteiger partial charge in [-0.2, -0.15) is 17.7 Å². The average molecular weight is 262 g/mol. The van der Waals surface area contributed by atoms with Crippen LogP contribution in [-0.2, 0) is 0 Å². The topological polar surface area (TPSA) is 74.7 Å². The van der Waals surface area contributed by atoms with E-state index in [-0.39, 0.29) is 17.6 Å². The van der Waals surface area contributed by atoms with Crippen molar-refractivity contribution >= 4 is 11.5 Å². The van der Waals surface area contributed by atoms with Crippen molar-refractivity contribution in [3.63, 3.8) is 0 Å². The van der Waals surface area contributed by atoms with E-state index in [4.69, 9.17) is 10.5 Å². The van der Waals surface area contributed by atoms with Crippen LogP contribution in [0.3, 0.4) is 0 Å². The molecule has 0 aromatic carbocycles. The molecule has 0 spiro atoms. The Bertz CT molecular complexity index is 567. The molecule has 0 atom stereocenters. The largest absolute Gasteiger partial charge is 0.478 e. The summed E-state index contributed by atoms with van der Waals surface area (Å²) < 4.78 is 46.9. The van der Waals surface area contributed by atoms with Gasteiger partial charge in [0.1, 0.15) is 0 Å². The molecule has 0 aliphatic rings. The number of nitrogen functional groups attached to an aromatic ring is 1. The number of halogens is 3. The molecule has 2 N–H and O–H groups in total. The van der Waals surface area contributed by atoms with Crippen molar-refractivity contribution in [3.05, 3.63) is 12.3 Å². The van der Waals surface area contributed by atoms with Gasteiger partial charge in [-0.3, -0.25) is 0 Å². The highest BCUT2D eigenvalue weighted by atomic mass is 19.4. The standard InChI is InChI=1S/C9H9F3N4O2/c1-17-7-6(18-4-9(10,11)12)2-5-3-14-8(13)16(5)15-7/h2-3H,4H2,1H3,(H2,13,14). The summed E-state index contributed by atoms with van der Waals surface area (Å²) in [5, 5.41) is 3.87.